The van der Waals surface area contributed by atoms with Crippen LogP contribution < -0.4 is 4.74 Å². The van der Waals surface area contributed by atoms with Gasteiger partial charge in [-0.2, -0.15) is 4.99 Å². The van der Waals surface area contributed by atoms with Crippen LogP contribution in [0.15, 0.2) is 11.1 Å². The van der Waals surface area contributed by atoms with Gasteiger partial charge in [0.2, 0.25) is 6.08 Å². The van der Waals surface area contributed by atoms with Gasteiger partial charge >= 0.3 is 0 Å². The van der Waals surface area contributed by atoms with Crippen LogP contribution in [-0.2, 0) is 23.2 Å². The highest BCUT2D eigenvalue weighted by molar-refractivity contribution is 5.55. The first-order valence-corrected chi connectivity index (χ1v) is 8.01. The van der Waals surface area contributed by atoms with Crippen LogP contribution in [0.4, 0.5) is 0 Å². The summed E-state index contributed by atoms with van der Waals surface area (Å²) < 4.78 is 5.69. The Hall–Kier alpha value is -1.60. The smallest absolute Gasteiger partial charge is 0.235 e. The molecular weight excluding hydrogens is 262 g/mol. The Morgan fingerprint density at radius 1 is 1.19 bits per heavy atom. The topological polar surface area (TPSA) is 38.7 Å². The normalized spacial score (nSPS) is 19.7. The molecule has 3 nitrogen and oxygen atoms in total. The molecule has 0 radical (unpaired) electrons. The van der Waals surface area contributed by atoms with Crippen molar-refractivity contribution < 1.29 is 9.53 Å². The first-order chi connectivity index (χ1) is 10.2. The van der Waals surface area contributed by atoms with Gasteiger partial charge in [-0.1, -0.05) is 12.8 Å². The van der Waals surface area contributed by atoms with E-state index in [0.717, 1.165) is 49.8 Å². The van der Waals surface area contributed by atoms with E-state index in [1.165, 1.54) is 29.5 Å². The monoisotopic (exact) mass is 285 g/mol. The fourth-order valence-electron chi connectivity index (χ4n) is 4.29. The van der Waals surface area contributed by atoms with Crippen LogP contribution in [0.1, 0.15) is 60.8 Å². The van der Waals surface area contributed by atoms with Crippen molar-refractivity contribution in [1.82, 2.24) is 0 Å². The lowest BCUT2D eigenvalue weighted by Crippen LogP contribution is -2.23. The second-order valence-electron chi connectivity index (χ2n) is 6.37. The van der Waals surface area contributed by atoms with E-state index in [1.54, 1.807) is 7.11 Å². The average Bonchev–Trinajstić information content (AvgIpc) is 2.96. The zero-order valence-electron chi connectivity index (χ0n) is 13.0. The van der Waals surface area contributed by atoms with Crippen molar-refractivity contribution in [2.75, 3.05) is 7.11 Å². The Morgan fingerprint density at radius 2 is 1.90 bits per heavy atom. The zero-order chi connectivity index (χ0) is 14.9. The lowest BCUT2D eigenvalue weighted by Gasteiger charge is -2.31. The number of hydrogen-bond acceptors (Lipinski definition) is 3. The Morgan fingerprint density at radius 3 is 2.57 bits per heavy atom. The molecule has 1 fully saturated rings. The van der Waals surface area contributed by atoms with Gasteiger partial charge in [0.05, 0.1) is 7.11 Å². The van der Waals surface area contributed by atoms with E-state index in [9.17, 15) is 4.79 Å². The molecule has 112 valence electrons. The standard InChI is InChI=1S/C18H23NO2/c1-13-15-8-4-3-7-14(15)11-16(21-2)17(13)18(19-12-20)9-5-6-10-18/h11H,3-10H2,1-2H3. The zero-order valence-corrected chi connectivity index (χ0v) is 13.0. The lowest BCUT2D eigenvalue weighted by atomic mass is 9.78. The largest absolute Gasteiger partial charge is 0.496 e. The van der Waals surface area contributed by atoms with Crippen LogP contribution in [0.5, 0.6) is 5.75 Å². The van der Waals surface area contributed by atoms with E-state index < -0.39 is 5.54 Å². The highest BCUT2D eigenvalue weighted by atomic mass is 16.5. The summed E-state index contributed by atoms with van der Waals surface area (Å²) in [6, 6.07) is 2.19. The van der Waals surface area contributed by atoms with Gasteiger partial charge in [0, 0.05) is 5.56 Å². The van der Waals surface area contributed by atoms with Gasteiger partial charge in [0.15, 0.2) is 0 Å². The minimum Gasteiger partial charge on any atom is -0.496 e. The molecule has 2 aliphatic carbocycles. The molecule has 0 N–H and O–H groups in total. The third-order valence-corrected chi connectivity index (χ3v) is 5.27. The SMILES string of the molecule is COc1cc2c(c(C)c1C1(N=C=O)CCCC1)CCCC2. The van der Waals surface area contributed by atoms with Gasteiger partial charge in [-0.15, -0.1) is 0 Å². The molecular formula is C18H23NO2. The number of aryl methyl sites for hydroxylation is 1. The summed E-state index contributed by atoms with van der Waals surface area (Å²) in [6.45, 7) is 2.18. The number of aliphatic imine (C=N–C) groups is 1. The van der Waals surface area contributed by atoms with E-state index in [-0.39, 0.29) is 0 Å². The number of rotatable bonds is 3. The number of carbonyl (C=O) groups excluding carboxylic acids is 1. The highest BCUT2D eigenvalue weighted by Gasteiger charge is 2.40. The quantitative estimate of drug-likeness (QED) is 0.622. The number of fused-ring (bicyclic) bond motifs is 1. The highest BCUT2D eigenvalue weighted by Crippen LogP contribution is 2.49. The minimum absolute atomic E-state index is 0.399. The van der Waals surface area contributed by atoms with Gasteiger partial charge in [0.1, 0.15) is 11.3 Å². The van der Waals surface area contributed by atoms with Crippen LogP contribution in [0, 0.1) is 6.92 Å². The van der Waals surface area contributed by atoms with Crippen molar-refractivity contribution in [3.8, 4) is 5.75 Å². The number of isocyanates is 1. The number of methoxy groups -OCH3 is 1. The van der Waals surface area contributed by atoms with E-state index in [0.29, 0.717) is 0 Å². The predicted molar refractivity (Wildman–Crippen MR) is 82.6 cm³/mol. The molecule has 0 saturated heterocycles. The summed E-state index contributed by atoms with van der Waals surface area (Å²) in [5, 5.41) is 0. The summed E-state index contributed by atoms with van der Waals surface area (Å²) in [7, 11) is 1.72. The fourth-order valence-corrected chi connectivity index (χ4v) is 4.29. The number of nitrogens with zero attached hydrogens (tertiary/aromatic N) is 1. The summed E-state index contributed by atoms with van der Waals surface area (Å²) in [4.78, 5) is 15.3. The Bertz CT molecular complexity index is 594. The molecule has 0 amide bonds. The fraction of sp³-hybridized carbons (Fsp3) is 0.611. The average molecular weight is 285 g/mol. The maximum absolute atomic E-state index is 11.0. The molecule has 3 rings (SSSR count). The molecule has 2 aliphatic rings. The molecule has 21 heavy (non-hydrogen) atoms. The van der Waals surface area contributed by atoms with Crippen LogP contribution in [0.3, 0.4) is 0 Å². The summed E-state index contributed by atoms with van der Waals surface area (Å²) >= 11 is 0. The maximum Gasteiger partial charge on any atom is 0.235 e. The molecule has 1 saturated carbocycles. The number of ether oxygens (including phenoxy) is 1. The van der Waals surface area contributed by atoms with Gasteiger partial charge < -0.3 is 4.74 Å². The van der Waals surface area contributed by atoms with Crippen molar-refractivity contribution in [3.63, 3.8) is 0 Å². The first kappa shape index (κ1) is 14.3. The number of hydrogen-bond donors (Lipinski definition) is 0. The molecule has 0 aromatic heterocycles. The summed E-state index contributed by atoms with van der Waals surface area (Å²) in [5.74, 6) is 0.911. The van der Waals surface area contributed by atoms with Crippen molar-refractivity contribution in [1.29, 1.82) is 0 Å². The molecule has 0 bridgehead atoms. The molecule has 0 atom stereocenters. The molecule has 0 aliphatic heterocycles. The second kappa shape index (κ2) is 5.65. The van der Waals surface area contributed by atoms with Crippen molar-refractivity contribution in [3.05, 3.63) is 28.3 Å². The predicted octanol–water partition coefficient (Wildman–Crippen LogP) is 3.99. The molecule has 0 unspecified atom stereocenters. The van der Waals surface area contributed by atoms with Gasteiger partial charge in [-0.05, 0) is 68.2 Å². The first-order valence-electron chi connectivity index (χ1n) is 8.01. The molecule has 3 heteroatoms. The van der Waals surface area contributed by atoms with Crippen molar-refractivity contribution >= 4 is 6.08 Å². The van der Waals surface area contributed by atoms with Crippen LogP contribution in [-0.4, -0.2) is 13.2 Å². The maximum atomic E-state index is 11.0. The summed E-state index contributed by atoms with van der Waals surface area (Å²) in [5.41, 5.74) is 4.92. The summed E-state index contributed by atoms with van der Waals surface area (Å²) in [6.07, 6.45) is 10.7. The van der Waals surface area contributed by atoms with Gasteiger partial charge in [-0.3, -0.25) is 0 Å². The third kappa shape index (κ3) is 2.30. The van der Waals surface area contributed by atoms with Crippen LogP contribution in [0.2, 0.25) is 0 Å². The van der Waals surface area contributed by atoms with Gasteiger partial charge in [-0.25, -0.2) is 4.79 Å². The third-order valence-electron chi connectivity index (χ3n) is 5.27. The van der Waals surface area contributed by atoms with E-state index in [1.807, 2.05) is 6.08 Å². The number of benzene rings is 1. The lowest BCUT2D eigenvalue weighted by molar-refractivity contribution is 0.376. The molecule has 0 spiro atoms. The Kier molecular flexibility index (Phi) is 3.86. The second-order valence-corrected chi connectivity index (χ2v) is 6.37. The van der Waals surface area contributed by atoms with Crippen molar-refractivity contribution in [2.24, 2.45) is 4.99 Å². The Balaban J connectivity index is 2.23. The van der Waals surface area contributed by atoms with E-state index >= 15 is 0 Å². The van der Waals surface area contributed by atoms with E-state index in [2.05, 4.69) is 18.0 Å². The molecule has 1 aromatic rings. The molecule has 1 aromatic carbocycles. The Labute approximate surface area is 126 Å². The van der Waals surface area contributed by atoms with Gasteiger partial charge in [0.25, 0.3) is 0 Å². The minimum atomic E-state index is -0.399. The van der Waals surface area contributed by atoms with Crippen molar-refractivity contribution in [2.45, 2.75) is 63.8 Å². The van der Waals surface area contributed by atoms with Crippen LogP contribution in [0.25, 0.3) is 0 Å². The van der Waals surface area contributed by atoms with Crippen LogP contribution >= 0.6 is 0 Å². The molecule has 0 heterocycles. The van der Waals surface area contributed by atoms with E-state index in [4.69, 9.17) is 4.74 Å².